The van der Waals surface area contributed by atoms with Crippen LogP contribution in [0.4, 0.5) is 0 Å². The van der Waals surface area contributed by atoms with Gasteiger partial charge < -0.3 is 14.6 Å². The Balaban J connectivity index is 1.92. The number of hydrogen-bond acceptors (Lipinski definition) is 4. The molecule has 1 aromatic heterocycles. The van der Waals surface area contributed by atoms with E-state index in [-0.39, 0.29) is 5.57 Å². The molecule has 0 aliphatic heterocycles. The minimum atomic E-state index is -0.970. The number of aromatic nitrogens is 1. The van der Waals surface area contributed by atoms with Crippen molar-refractivity contribution in [3.8, 4) is 23.1 Å². The lowest BCUT2D eigenvalue weighted by molar-refractivity contribution is -0.130. The van der Waals surface area contributed by atoms with E-state index in [1.165, 1.54) is 0 Å². The molecule has 0 unspecified atom stereocenters. The molecule has 0 aliphatic rings. The molecule has 0 spiro atoms. The van der Waals surface area contributed by atoms with Crippen LogP contribution < -0.4 is 9.47 Å². The summed E-state index contributed by atoms with van der Waals surface area (Å²) < 4.78 is 12.8. The molecule has 0 bridgehead atoms. The summed E-state index contributed by atoms with van der Waals surface area (Å²) in [6, 6.07) is 18.1. The first-order chi connectivity index (χ1) is 14.0. The second-order valence-electron chi connectivity index (χ2n) is 6.28. The number of rotatable bonds is 7. The lowest BCUT2D eigenvalue weighted by Gasteiger charge is -2.14. The molecule has 1 N–H and O–H groups in total. The van der Waals surface area contributed by atoms with Gasteiger partial charge in [0.25, 0.3) is 0 Å². The van der Waals surface area contributed by atoms with Crippen LogP contribution in [0.25, 0.3) is 5.57 Å². The van der Waals surface area contributed by atoms with Crippen molar-refractivity contribution in [3.63, 3.8) is 0 Å². The molecule has 3 aromatic rings. The van der Waals surface area contributed by atoms with Gasteiger partial charge in [0.2, 0.25) is 5.88 Å². The summed E-state index contributed by atoms with van der Waals surface area (Å²) in [7, 11) is 0. The average molecular weight is 501 g/mol. The molecule has 0 saturated carbocycles. The number of allylic oxidation sites excluding steroid dienone is 1. The number of benzene rings is 2. The molecule has 0 aliphatic carbocycles. The molecule has 0 atom stereocenters. The predicted molar refractivity (Wildman–Crippen MR) is 121 cm³/mol. The summed E-state index contributed by atoms with van der Waals surface area (Å²) >= 11 is 2.16. The van der Waals surface area contributed by atoms with Gasteiger partial charge in [-0.25, -0.2) is 9.78 Å². The average Bonchev–Trinajstić information content (AvgIpc) is 2.71. The quantitative estimate of drug-likeness (QED) is 0.294. The first-order valence-electron chi connectivity index (χ1n) is 9.08. The minimum Gasteiger partial charge on any atom is -0.478 e. The highest BCUT2D eigenvalue weighted by atomic mass is 127. The topological polar surface area (TPSA) is 68.7 Å². The third-order valence-corrected chi connectivity index (χ3v) is 5.12. The van der Waals surface area contributed by atoms with E-state index in [1.807, 2.05) is 44.2 Å². The Labute approximate surface area is 183 Å². The summed E-state index contributed by atoms with van der Waals surface area (Å²) in [5.41, 5.74) is 1.60. The van der Waals surface area contributed by atoms with Crippen molar-refractivity contribution in [2.24, 2.45) is 0 Å². The molecular weight excluding hydrogens is 481 g/mol. The molecule has 0 radical (unpaired) electrons. The van der Waals surface area contributed by atoms with Gasteiger partial charge in [-0.3, -0.25) is 0 Å². The Hall–Kier alpha value is -2.87. The van der Waals surface area contributed by atoms with Gasteiger partial charge in [0.15, 0.2) is 0 Å². The molecule has 148 valence electrons. The monoisotopic (exact) mass is 501 g/mol. The maximum atomic E-state index is 11.9. The summed E-state index contributed by atoms with van der Waals surface area (Å²) in [6.45, 7) is 3.75. The lowest BCUT2D eigenvalue weighted by atomic mass is 9.98. The van der Waals surface area contributed by atoms with E-state index >= 15 is 0 Å². The normalized spacial score (nSPS) is 11.6. The van der Waals surface area contributed by atoms with Gasteiger partial charge in [-0.2, -0.15) is 0 Å². The van der Waals surface area contributed by atoms with E-state index in [0.717, 1.165) is 9.14 Å². The number of aliphatic carboxylic acids is 1. The van der Waals surface area contributed by atoms with Crippen LogP contribution in [-0.2, 0) is 4.79 Å². The van der Waals surface area contributed by atoms with E-state index < -0.39 is 5.97 Å². The first kappa shape index (κ1) is 20.9. The number of halogens is 1. The number of carboxylic acids is 1. The van der Waals surface area contributed by atoms with E-state index in [0.29, 0.717) is 35.1 Å². The third kappa shape index (κ3) is 5.14. The summed E-state index contributed by atoms with van der Waals surface area (Å²) in [5.74, 6) is 1.14. The van der Waals surface area contributed by atoms with Gasteiger partial charge in [0, 0.05) is 17.8 Å². The minimum absolute atomic E-state index is 0.263. The van der Waals surface area contributed by atoms with Crippen molar-refractivity contribution < 1.29 is 19.4 Å². The Kier molecular flexibility index (Phi) is 6.87. The Morgan fingerprint density at radius 1 is 1.03 bits per heavy atom. The van der Waals surface area contributed by atoms with Gasteiger partial charge in [0.1, 0.15) is 17.2 Å². The molecule has 0 amide bonds. The number of hydrogen-bond donors (Lipinski definition) is 1. The van der Waals surface area contributed by atoms with Gasteiger partial charge in [-0.15, -0.1) is 0 Å². The number of nitrogens with zero attached hydrogens (tertiary/aromatic N) is 1. The van der Waals surface area contributed by atoms with Gasteiger partial charge >= 0.3 is 5.97 Å². The highest BCUT2D eigenvalue weighted by molar-refractivity contribution is 14.1. The molecule has 0 saturated heterocycles. The van der Waals surface area contributed by atoms with E-state index in [2.05, 4.69) is 27.6 Å². The van der Waals surface area contributed by atoms with Crippen molar-refractivity contribution in [3.05, 3.63) is 81.6 Å². The molecule has 3 rings (SSSR count). The fourth-order valence-corrected chi connectivity index (χ4v) is 3.21. The maximum absolute atomic E-state index is 11.9. The predicted octanol–water partition coefficient (Wildman–Crippen LogP) is 6.54. The Morgan fingerprint density at radius 2 is 1.76 bits per heavy atom. The molecule has 1 heterocycles. The van der Waals surface area contributed by atoms with Gasteiger partial charge in [0.05, 0.1) is 9.14 Å². The first-order valence-corrected chi connectivity index (χ1v) is 10.2. The largest absolute Gasteiger partial charge is 0.478 e. The van der Waals surface area contributed by atoms with E-state index in [1.54, 1.807) is 36.5 Å². The van der Waals surface area contributed by atoms with Crippen molar-refractivity contribution in [2.75, 3.05) is 0 Å². The summed E-state index contributed by atoms with van der Waals surface area (Å²) in [6.07, 6.45) is 2.31. The van der Waals surface area contributed by atoms with E-state index in [9.17, 15) is 9.90 Å². The zero-order valence-corrected chi connectivity index (χ0v) is 18.2. The maximum Gasteiger partial charge on any atom is 0.336 e. The van der Waals surface area contributed by atoms with Crippen molar-refractivity contribution in [1.82, 2.24) is 4.98 Å². The summed E-state index contributed by atoms with van der Waals surface area (Å²) in [5, 5.41) is 9.71. The Morgan fingerprint density at radius 3 is 2.45 bits per heavy atom. The molecule has 29 heavy (non-hydrogen) atoms. The van der Waals surface area contributed by atoms with Gasteiger partial charge in [-0.05, 0) is 66.3 Å². The lowest BCUT2D eigenvalue weighted by Crippen LogP contribution is -2.04. The zero-order valence-electron chi connectivity index (χ0n) is 16.1. The third-order valence-electron chi connectivity index (χ3n) is 4.30. The van der Waals surface area contributed by atoms with Crippen molar-refractivity contribution in [2.45, 2.75) is 20.3 Å². The number of ether oxygens (including phenoxy) is 2. The highest BCUT2D eigenvalue weighted by Crippen LogP contribution is 2.34. The van der Waals surface area contributed by atoms with Crippen molar-refractivity contribution >= 4 is 34.1 Å². The molecule has 5 nitrogen and oxygen atoms in total. The summed E-state index contributed by atoms with van der Waals surface area (Å²) in [4.78, 5) is 16.1. The second-order valence-corrected chi connectivity index (χ2v) is 7.44. The van der Waals surface area contributed by atoms with Crippen LogP contribution in [0.2, 0.25) is 0 Å². The van der Waals surface area contributed by atoms with Crippen molar-refractivity contribution in [1.29, 1.82) is 0 Å². The molecular formula is C23H20INO4. The van der Waals surface area contributed by atoms with E-state index in [4.69, 9.17) is 9.47 Å². The van der Waals surface area contributed by atoms with Crippen LogP contribution in [0.15, 0.2) is 72.4 Å². The fourth-order valence-electron chi connectivity index (χ4n) is 2.75. The van der Waals surface area contributed by atoms with Gasteiger partial charge in [-0.1, -0.05) is 36.8 Å². The molecule has 0 fully saturated rings. The zero-order chi connectivity index (χ0) is 20.8. The number of carboxylic acid groups (broad SMARTS) is 1. The van der Waals surface area contributed by atoms with Crippen LogP contribution in [0.1, 0.15) is 25.8 Å². The van der Waals surface area contributed by atoms with Crippen LogP contribution >= 0.6 is 22.6 Å². The van der Waals surface area contributed by atoms with Crippen LogP contribution in [-0.4, -0.2) is 16.1 Å². The number of pyridine rings is 1. The van der Waals surface area contributed by atoms with Crippen LogP contribution in [0.5, 0.6) is 23.1 Å². The van der Waals surface area contributed by atoms with Crippen LogP contribution in [0.3, 0.4) is 0 Å². The number of carbonyl (C=O) groups is 1. The van der Waals surface area contributed by atoms with Crippen LogP contribution in [0, 0.1) is 3.57 Å². The molecule has 6 heteroatoms. The smallest absolute Gasteiger partial charge is 0.336 e. The number of para-hydroxylation sites is 1. The highest BCUT2D eigenvalue weighted by Gasteiger charge is 2.18. The fraction of sp³-hybridized carbons (Fsp3) is 0.130. The Bertz CT molecular complexity index is 1060. The molecule has 2 aromatic carbocycles. The standard InChI is InChI=1S/C23H20INO4/c1-3-15(2)21(23(26)27)18-10-4-5-12-20(18)28-16-8-6-9-17(14-16)29-22-19(24)11-7-13-25-22/h4-14H,3H2,1-2H3,(H,26,27)/b21-15-. The second kappa shape index (κ2) is 9.56. The SMILES string of the molecule is CC/C(C)=C(\C(=O)O)c1ccccc1Oc1cccc(Oc2ncccc2I)c1.